The first-order chi connectivity index (χ1) is 13.2. The second kappa shape index (κ2) is 8.28. The van der Waals surface area contributed by atoms with E-state index in [1.165, 1.54) is 11.0 Å². The molecule has 3 aromatic rings. The van der Waals surface area contributed by atoms with Gasteiger partial charge in [0, 0.05) is 32.6 Å². The molecule has 1 atom stereocenters. The zero-order valence-electron chi connectivity index (χ0n) is 16.0. The molecule has 0 saturated carbocycles. The van der Waals surface area contributed by atoms with E-state index in [-0.39, 0.29) is 10.7 Å². The topological polar surface area (TPSA) is 85.6 Å². The largest absolute Gasteiger partial charge is 0.342 e. The maximum absolute atomic E-state index is 12.8. The standard InChI is InChI=1S/C19H21ClN6OS/c1-12(16-23-11-24-26(16)18-21-6-5-7-22-18)25-17(27)13-8-14(20)10-15(9-13)28-19(2,3)4/h5-12H,1-4H3,(H,25,27). The molecule has 1 amide bonds. The van der Waals surface area contributed by atoms with E-state index in [0.717, 1.165) is 4.90 Å². The van der Waals surface area contributed by atoms with Gasteiger partial charge < -0.3 is 5.32 Å². The van der Waals surface area contributed by atoms with Crippen molar-refractivity contribution in [3.63, 3.8) is 0 Å². The van der Waals surface area contributed by atoms with Crippen LogP contribution in [0.5, 0.6) is 0 Å². The monoisotopic (exact) mass is 416 g/mol. The van der Waals surface area contributed by atoms with Crippen molar-refractivity contribution < 1.29 is 4.79 Å². The van der Waals surface area contributed by atoms with Crippen molar-refractivity contribution in [2.45, 2.75) is 43.4 Å². The number of carbonyl (C=O) groups is 1. The van der Waals surface area contributed by atoms with Gasteiger partial charge in [-0.05, 0) is 31.2 Å². The van der Waals surface area contributed by atoms with E-state index < -0.39 is 6.04 Å². The Bertz CT molecular complexity index is 970. The molecule has 0 aliphatic heterocycles. The molecule has 1 aromatic carbocycles. The molecular formula is C19H21ClN6OS. The quantitative estimate of drug-likeness (QED) is 0.630. The van der Waals surface area contributed by atoms with Gasteiger partial charge >= 0.3 is 0 Å². The third-order valence-electron chi connectivity index (χ3n) is 3.61. The van der Waals surface area contributed by atoms with Gasteiger partial charge in [-0.15, -0.1) is 11.8 Å². The summed E-state index contributed by atoms with van der Waals surface area (Å²) in [6.45, 7) is 8.16. The van der Waals surface area contributed by atoms with Crippen molar-refractivity contribution >= 4 is 29.3 Å². The van der Waals surface area contributed by atoms with Crippen LogP contribution in [0.15, 0.2) is 47.9 Å². The fourth-order valence-corrected chi connectivity index (χ4v) is 3.93. The first-order valence-corrected chi connectivity index (χ1v) is 9.90. The van der Waals surface area contributed by atoms with Gasteiger partial charge in [0.1, 0.15) is 6.33 Å². The van der Waals surface area contributed by atoms with Crippen molar-refractivity contribution in [1.82, 2.24) is 30.0 Å². The van der Waals surface area contributed by atoms with Crippen molar-refractivity contribution in [3.05, 3.63) is 59.4 Å². The molecule has 1 unspecified atom stereocenters. The van der Waals surface area contributed by atoms with Crippen LogP contribution in [0.1, 0.15) is 49.9 Å². The van der Waals surface area contributed by atoms with Gasteiger partial charge in [0.15, 0.2) is 5.82 Å². The van der Waals surface area contributed by atoms with E-state index in [2.05, 4.69) is 46.1 Å². The number of thioether (sulfide) groups is 1. The van der Waals surface area contributed by atoms with Crippen LogP contribution >= 0.6 is 23.4 Å². The smallest absolute Gasteiger partial charge is 0.252 e. The van der Waals surface area contributed by atoms with Crippen LogP contribution in [-0.2, 0) is 0 Å². The second-order valence-corrected chi connectivity index (χ2v) is 9.50. The van der Waals surface area contributed by atoms with Crippen LogP contribution in [-0.4, -0.2) is 35.4 Å². The van der Waals surface area contributed by atoms with Gasteiger partial charge in [-0.25, -0.2) is 15.0 Å². The lowest BCUT2D eigenvalue weighted by Crippen LogP contribution is -2.29. The normalized spacial score (nSPS) is 12.6. The predicted molar refractivity (Wildman–Crippen MR) is 110 cm³/mol. The van der Waals surface area contributed by atoms with Crippen molar-refractivity contribution in [3.8, 4) is 5.95 Å². The summed E-state index contributed by atoms with van der Waals surface area (Å²) in [6.07, 6.45) is 4.65. The molecule has 9 heteroatoms. The molecule has 0 aliphatic carbocycles. The molecular weight excluding hydrogens is 396 g/mol. The molecule has 0 bridgehead atoms. The number of benzene rings is 1. The average Bonchev–Trinajstić information content (AvgIpc) is 3.10. The number of halogens is 1. The number of carbonyl (C=O) groups excluding carboxylic acids is 1. The molecule has 0 saturated heterocycles. The highest BCUT2D eigenvalue weighted by Crippen LogP contribution is 2.34. The van der Waals surface area contributed by atoms with E-state index in [1.807, 2.05) is 19.1 Å². The van der Waals surface area contributed by atoms with E-state index >= 15 is 0 Å². The maximum Gasteiger partial charge on any atom is 0.252 e. The van der Waals surface area contributed by atoms with E-state index in [0.29, 0.717) is 22.4 Å². The van der Waals surface area contributed by atoms with Crippen LogP contribution < -0.4 is 5.32 Å². The van der Waals surface area contributed by atoms with Crippen LogP contribution in [0.3, 0.4) is 0 Å². The third kappa shape index (κ3) is 5.08. The van der Waals surface area contributed by atoms with Crippen LogP contribution in [0.2, 0.25) is 5.02 Å². The lowest BCUT2D eigenvalue weighted by atomic mass is 10.2. The lowest BCUT2D eigenvalue weighted by Gasteiger charge is -2.19. The van der Waals surface area contributed by atoms with Crippen LogP contribution in [0, 0.1) is 0 Å². The molecule has 0 spiro atoms. The summed E-state index contributed by atoms with van der Waals surface area (Å²) in [4.78, 5) is 26.3. The summed E-state index contributed by atoms with van der Waals surface area (Å²) in [5, 5.41) is 7.62. The first-order valence-electron chi connectivity index (χ1n) is 8.71. The van der Waals surface area contributed by atoms with Crippen molar-refractivity contribution in [2.75, 3.05) is 0 Å². The van der Waals surface area contributed by atoms with Crippen LogP contribution in [0.25, 0.3) is 5.95 Å². The SMILES string of the molecule is CC(NC(=O)c1cc(Cl)cc(SC(C)(C)C)c1)c1ncnn1-c1ncccn1. The van der Waals surface area contributed by atoms with E-state index in [4.69, 9.17) is 11.6 Å². The molecule has 1 N–H and O–H groups in total. The molecule has 2 heterocycles. The molecule has 3 rings (SSSR count). The Balaban J connectivity index is 1.80. The average molecular weight is 417 g/mol. The Morgan fingerprint density at radius 2 is 1.89 bits per heavy atom. The number of hydrogen-bond acceptors (Lipinski definition) is 6. The summed E-state index contributed by atoms with van der Waals surface area (Å²) in [5.41, 5.74) is 0.494. The van der Waals surface area contributed by atoms with Crippen LogP contribution in [0.4, 0.5) is 0 Å². The van der Waals surface area contributed by atoms with E-state index in [1.54, 1.807) is 36.3 Å². The Hall–Kier alpha value is -2.45. The number of hydrogen-bond donors (Lipinski definition) is 1. The zero-order chi connectivity index (χ0) is 20.3. The van der Waals surface area contributed by atoms with Gasteiger partial charge in [0.05, 0.1) is 6.04 Å². The Kier molecular flexibility index (Phi) is 6.00. The Morgan fingerprint density at radius 3 is 2.57 bits per heavy atom. The summed E-state index contributed by atoms with van der Waals surface area (Å²) in [6, 6.07) is 6.67. The van der Waals surface area contributed by atoms with E-state index in [9.17, 15) is 4.79 Å². The third-order valence-corrected chi connectivity index (χ3v) is 4.91. The lowest BCUT2D eigenvalue weighted by molar-refractivity contribution is 0.0937. The first kappa shape index (κ1) is 20.3. The van der Waals surface area contributed by atoms with Crippen molar-refractivity contribution in [1.29, 1.82) is 0 Å². The highest BCUT2D eigenvalue weighted by atomic mass is 35.5. The Morgan fingerprint density at radius 1 is 1.18 bits per heavy atom. The van der Waals surface area contributed by atoms with Gasteiger partial charge in [0.25, 0.3) is 11.9 Å². The van der Waals surface area contributed by atoms with Gasteiger partial charge in [-0.2, -0.15) is 9.78 Å². The number of rotatable bonds is 5. The highest BCUT2D eigenvalue weighted by Gasteiger charge is 2.20. The number of nitrogens with zero attached hydrogens (tertiary/aromatic N) is 5. The second-order valence-electron chi connectivity index (χ2n) is 7.16. The molecule has 0 fully saturated rings. The number of aromatic nitrogens is 5. The number of amides is 1. The van der Waals surface area contributed by atoms with Crippen molar-refractivity contribution in [2.24, 2.45) is 0 Å². The summed E-state index contributed by atoms with van der Waals surface area (Å²) in [5.74, 6) is 0.683. The highest BCUT2D eigenvalue weighted by molar-refractivity contribution is 8.00. The molecule has 146 valence electrons. The molecule has 28 heavy (non-hydrogen) atoms. The minimum atomic E-state index is -0.406. The minimum Gasteiger partial charge on any atom is -0.342 e. The summed E-state index contributed by atoms with van der Waals surface area (Å²) >= 11 is 7.88. The van der Waals surface area contributed by atoms with Gasteiger partial charge in [-0.3, -0.25) is 4.79 Å². The van der Waals surface area contributed by atoms with Gasteiger partial charge in [-0.1, -0.05) is 32.4 Å². The van der Waals surface area contributed by atoms with Gasteiger partial charge in [0.2, 0.25) is 0 Å². The Labute approximate surface area is 173 Å². The molecule has 2 aromatic heterocycles. The zero-order valence-corrected chi connectivity index (χ0v) is 17.6. The number of nitrogens with one attached hydrogen (secondary N) is 1. The summed E-state index contributed by atoms with van der Waals surface area (Å²) < 4.78 is 1.52. The molecule has 0 radical (unpaired) electrons. The minimum absolute atomic E-state index is 0.0117. The predicted octanol–water partition coefficient (Wildman–Crippen LogP) is 4.09. The fraction of sp³-hybridized carbons (Fsp3) is 0.316. The summed E-state index contributed by atoms with van der Waals surface area (Å²) in [7, 11) is 0. The maximum atomic E-state index is 12.8. The molecule has 0 aliphatic rings. The fourth-order valence-electron chi connectivity index (χ4n) is 2.55. The molecule has 7 nitrogen and oxygen atoms in total.